The number of rotatable bonds is 3. The summed E-state index contributed by atoms with van der Waals surface area (Å²) >= 11 is 1.63. The summed E-state index contributed by atoms with van der Waals surface area (Å²) in [4.78, 5) is 34.1. The largest absolute Gasteiger partial charge is 0.369 e. The minimum atomic E-state index is -0.794. The van der Waals surface area contributed by atoms with Gasteiger partial charge in [-0.1, -0.05) is 18.2 Å². The van der Waals surface area contributed by atoms with Crippen molar-refractivity contribution in [3.05, 3.63) is 40.8 Å². The van der Waals surface area contributed by atoms with E-state index in [0.29, 0.717) is 6.42 Å². The van der Waals surface area contributed by atoms with Crippen molar-refractivity contribution in [3.63, 3.8) is 0 Å². The molecular formula is C20H23BN4O2S. The molecule has 1 aromatic rings. The Morgan fingerprint density at radius 2 is 2.00 bits per heavy atom. The standard InChI is InChI=1S/C20H23BN4O2S/c1-20(15-10-13(21)11-28-15)17(18(27)24(2)19(22)23-20)12-5-7-14(8-6-12)25-9-3-4-16(25)26/h5-8,10,13,17H,3-4,9,11H2,1-2H3,(H2,22,23)/t13?,17?,20-/m1/s1. The van der Waals surface area contributed by atoms with Crippen molar-refractivity contribution in [1.29, 1.82) is 0 Å². The minimum Gasteiger partial charge on any atom is -0.369 e. The van der Waals surface area contributed by atoms with Gasteiger partial charge in [0.25, 0.3) is 0 Å². The summed E-state index contributed by atoms with van der Waals surface area (Å²) in [6.45, 7) is 2.69. The number of amides is 2. The molecule has 0 spiro atoms. The molecule has 0 aliphatic carbocycles. The van der Waals surface area contributed by atoms with Crippen molar-refractivity contribution in [1.82, 2.24) is 4.90 Å². The third-order valence-corrected chi connectivity index (χ3v) is 7.15. The van der Waals surface area contributed by atoms with E-state index < -0.39 is 11.5 Å². The van der Waals surface area contributed by atoms with Crippen LogP contribution in [0.3, 0.4) is 0 Å². The summed E-state index contributed by atoms with van der Waals surface area (Å²) in [6.07, 6.45) is 3.46. The van der Waals surface area contributed by atoms with Gasteiger partial charge in [0.05, 0.1) is 13.8 Å². The first kappa shape index (κ1) is 19.1. The van der Waals surface area contributed by atoms with E-state index in [1.54, 1.807) is 23.7 Å². The molecule has 8 heteroatoms. The molecule has 0 aromatic heterocycles. The highest BCUT2D eigenvalue weighted by atomic mass is 32.2. The molecule has 28 heavy (non-hydrogen) atoms. The van der Waals surface area contributed by atoms with Gasteiger partial charge in [0, 0.05) is 30.6 Å². The van der Waals surface area contributed by atoms with Crippen LogP contribution in [0.1, 0.15) is 31.2 Å². The molecule has 3 aliphatic heterocycles. The smallest absolute Gasteiger partial charge is 0.239 e. The van der Waals surface area contributed by atoms with Gasteiger partial charge in [0.2, 0.25) is 11.8 Å². The lowest BCUT2D eigenvalue weighted by atomic mass is 9.77. The van der Waals surface area contributed by atoms with E-state index in [4.69, 9.17) is 18.6 Å². The third-order valence-electron chi connectivity index (χ3n) is 5.74. The van der Waals surface area contributed by atoms with Crippen LogP contribution < -0.4 is 10.6 Å². The maximum atomic E-state index is 13.2. The number of benzene rings is 1. The zero-order chi connectivity index (χ0) is 20.1. The van der Waals surface area contributed by atoms with E-state index in [1.807, 2.05) is 37.3 Å². The Balaban J connectivity index is 1.74. The zero-order valence-electron chi connectivity index (χ0n) is 16.1. The zero-order valence-corrected chi connectivity index (χ0v) is 16.9. The van der Waals surface area contributed by atoms with Crippen LogP contribution in [0.15, 0.2) is 40.2 Å². The number of hydrogen-bond donors (Lipinski definition) is 1. The number of hydrogen-bond acceptors (Lipinski definition) is 5. The van der Waals surface area contributed by atoms with E-state index >= 15 is 0 Å². The summed E-state index contributed by atoms with van der Waals surface area (Å²) in [5, 5.41) is 0. The second-order valence-corrected chi connectivity index (χ2v) is 8.76. The molecule has 2 N–H and O–H groups in total. The molecule has 2 radical (unpaired) electrons. The Kier molecular flexibility index (Phi) is 4.77. The predicted molar refractivity (Wildman–Crippen MR) is 114 cm³/mol. The summed E-state index contributed by atoms with van der Waals surface area (Å²) in [5.41, 5.74) is 6.98. The summed E-state index contributed by atoms with van der Waals surface area (Å²) in [5.74, 6) is 0.480. The van der Waals surface area contributed by atoms with Crippen molar-refractivity contribution in [2.24, 2.45) is 10.7 Å². The summed E-state index contributed by atoms with van der Waals surface area (Å²) < 4.78 is 0. The lowest BCUT2D eigenvalue weighted by Gasteiger charge is -2.41. The maximum Gasteiger partial charge on any atom is 0.239 e. The SMILES string of the molecule is [B]C1C=C([C@@]2(C)N=C(N)N(C)C(=O)C2c2ccc(N3CCCC3=O)cc2)SC1. The first-order valence-electron chi connectivity index (χ1n) is 9.45. The topological polar surface area (TPSA) is 79.0 Å². The first-order valence-corrected chi connectivity index (χ1v) is 10.4. The van der Waals surface area contributed by atoms with Gasteiger partial charge in [-0.2, -0.15) is 0 Å². The molecule has 1 fully saturated rings. The second kappa shape index (κ2) is 6.99. The molecule has 2 unspecified atom stereocenters. The number of allylic oxidation sites excluding steroid dienone is 1. The van der Waals surface area contributed by atoms with Gasteiger partial charge in [-0.15, -0.1) is 11.8 Å². The number of likely N-dealkylation sites (N-methyl/N-ethyl adjacent to an activating group) is 1. The van der Waals surface area contributed by atoms with Crippen molar-refractivity contribution in [2.75, 3.05) is 24.2 Å². The molecule has 1 saturated heterocycles. The third kappa shape index (κ3) is 3.04. The lowest BCUT2D eigenvalue weighted by Crippen LogP contribution is -2.54. The van der Waals surface area contributed by atoms with E-state index in [9.17, 15) is 9.59 Å². The molecule has 0 bridgehead atoms. The monoisotopic (exact) mass is 394 g/mol. The van der Waals surface area contributed by atoms with E-state index in [0.717, 1.165) is 34.9 Å². The van der Waals surface area contributed by atoms with Crippen molar-refractivity contribution in [2.45, 2.75) is 37.0 Å². The predicted octanol–water partition coefficient (Wildman–Crippen LogP) is 2.03. The van der Waals surface area contributed by atoms with Gasteiger partial charge >= 0.3 is 0 Å². The average Bonchev–Trinajstić information content (AvgIpc) is 3.29. The minimum absolute atomic E-state index is 0.0489. The van der Waals surface area contributed by atoms with Gasteiger partial charge in [0.1, 0.15) is 5.54 Å². The van der Waals surface area contributed by atoms with Gasteiger partial charge < -0.3 is 10.6 Å². The van der Waals surface area contributed by atoms with Crippen LogP contribution in [0.5, 0.6) is 0 Å². The Morgan fingerprint density at radius 3 is 2.57 bits per heavy atom. The fourth-order valence-corrected chi connectivity index (χ4v) is 5.34. The molecule has 3 heterocycles. The van der Waals surface area contributed by atoms with Crippen molar-refractivity contribution in [3.8, 4) is 0 Å². The highest BCUT2D eigenvalue weighted by Crippen LogP contribution is 2.49. The normalized spacial score (nSPS) is 30.6. The van der Waals surface area contributed by atoms with Crippen molar-refractivity contribution >= 4 is 43.1 Å². The fourth-order valence-electron chi connectivity index (χ4n) is 4.15. The van der Waals surface area contributed by atoms with Crippen LogP contribution in [-0.2, 0) is 9.59 Å². The quantitative estimate of drug-likeness (QED) is 0.796. The number of anilines is 1. The van der Waals surface area contributed by atoms with Crippen LogP contribution in [0, 0.1) is 0 Å². The van der Waals surface area contributed by atoms with Crippen LogP contribution in [0.4, 0.5) is 5.69 Å². The van der Waals surface area contributed by atoms with E-state index in [-0.39, 0.29) is 23.6 Å². The highest BCUT2D eigenvalue weighted by Gasteiger charge is 2.49. The Labute approximate surface area is 170 Å². The molecule has 144 valence electrons. The van der Waals surface area contributed by atoms with E-state index in [2.05, 4.69) is 0 Å². The molecule has 3 atom stereocenters. The molecule has 0 saturated carbocycles. The van der Waals surface area contributed by atoms with Crippen LogP contribution in [-0.4, -0.2) is 55.4 Å². The number of carbonyl (C=O) groups excluding carboxylic acids is 2. The summed E-state index contributed by atoms with van der Waals surface area (Å²) in [7, 11) is 7.71. The number of aliphatic imine (C=N–C) groups is 1. The Morgan fingerprint density at radius 1 is 1.29 bits per heavy atom. The van der Waals surface area contributed by atoms with Crippen molar-refractivity contribution < 1.29 is 9.59 Å². The van der Waals surface area contributed by atoms with Crippen LogP contribution in [0.25, 0.3) is 0 Å². The highest BCUT2D eigenvalue weighted by molar-refractivity contribution is 8.03. The lowest BCUT2D eigenvalue weighted by molar-refractivity contribution is -0.130. The average molecular weight is 394 g/mol. The van der Waals surface area contributed by atoms with Gasteiger partial charge in [-0.05, 0) is 42.6 Å². The molecule has 1 aromatic carbocycles. The Bertz CT molecular complexity index is 885. The fraction of sp³-hybridized carbons (Fsp3) is 0.450. The number of nitrogens with zero attached hydrogens (tertiary/aromatic N) is 3. The first-order chi connectivity index (χ1) is 13.3. The number of guanidine groups is 1. The molecule has 4 rings (SSSR count). The van der Waals surface area contributed by atoms with Gasteiger partial charge in [0.15, 0.2) is 5.96 Å². The maximum absolute atomic E-state index is 13.2. The van der Waals surface area contributed by atoms with Gasteiger partial charge in [-0.25, -0.2) is 4.99 Å². The second-order valence-electron chi connectivity index (χ2n) is 7.69. The van der Waals surface area contributed by atoms with E-state index in [1.165, 1.54) is 4.90 Å². The molecule has 2 amide bonds. The number of carbonyl (C=O) groups is 2. The molecule has 6 nitrogen and oxygen atoms in total. The number of nitrogens with two attached hydrogens (primary N) is 1. The summed E-state index contributed by atoms with van der Waals surface area (Å²) in [6, 6.07) is 7.67. The number of thioether (sulfide) groups is 1. The van der Waals surface area contributed by atoms with Crippen LogP contribution >= 0.6 is 11.8 Å². The molecule has 3 aliphatic rings. The Hall–Kier alpha value is -2.22. The van der Waals surface area contributed by atoms with Crippen LogP contribution in [0.2, 0.25) is 5.82 Å². The molecular weight excluding hydrogens is 371 g/mol. The van der Waals surface area contributed by atoms with Gasteiger partial charge in [-0.3, -0.25) is 14.5 Å².